The molecule has 13 nitrogen and oxygen atoms in total. The first-order chi connectivity index (χ1) is 22.7. The summed E-state index contributed by atoms with van der Waals surface area (Å²) in [6.45, 7) is 12.1. The molecule has 13 heteroatoms. The minimum atomic E-state index is -0.992. The van der Waals surface area contributed by atoms with E-state index in [4.69, 9.17) is 4.74 Å². The number of piperidine rings is 1. The Labute approximate surface area is 284 Å². The number of hydrogen-bond donors (Lipinski definition) is 5. The molecule has 2 unspecified atom stereocenters. The van der Waals surface area contributed by atoms with E-state index in [1.54, 1.807) is 20.8 Å². The van der Waals surface area contributed by atoms with E-state index in [0.717, 1.165) is 31.5 Å². The van der Waals surface area contributed by atoms with Gasteiger partial charge in [0.15, 0.2) is 0 Å². The van der Waals surface area contributed by atoms with E-state index in [-0.39, 0.29) is 24.8 Å². The smallest absolute Gasteiger partial charge is 0.408 e. The van der Waals surface area contributed by atoms with Gasteiger partial charge in [-0.25, -0.2) is 9.80 Å². The van der Waals surface area contributed by atoms with Crippen LogP contribution in [0.4, 0.5) is 4.79 Å². The van der Waals surface area contributed by atoms with Gasteiger partial charge in [-0.05, 0) is 76.2 Å². The summed E-state index contributed by atoms with van der Waals surface area (Å²) in [6, 6.07) is 7.91. The van der Waals surface area contributed by atoms with Crippen LogP contribution in [0, 0.1) is 11.3 Å². The minimum Gasteiger partial charge on any atom is -0.444 e. The molecule has 1 aromatic rings. The van der Waals surface area contributed by atoms with Crippen LogP contribution in [0.1, 0.15) is 78.7 Å². The predicted octanol–water partition coefficient (Wildman–Crippen LogP) is 1.87. The van der Waals surface area contributed by atoms with Crippen molar-refractivity contribution in [2.45, 2.75) is 103 Å². The second-order valence-electron chi connectivity index (χ2n) is 15.0. The second-order valence-corrected chi connectivity index (χ2v) is 15.0. The van der Waals surface area contributed by atoms with Crippen LogP contribution in [0.5, 0.6) is 0 Å². The number of rotatable bonds is 13. The third kappa shape index (κ3) is 11.2. The van der Waals surface area contributed by atoms with Crippen molar-refractivity contribution >= 4 is 29.7 Å². The first-order valence-corrected chi connectivity index (χ1v) is 17.4. The Kier molecular flexibility index (Phi) is 12.8. The molecule has 4 rings (SSSR count). The van der Waals surface area contributed by atoms with Gasteiger partial charge in [-0.15, -0.1) is 0 Å². The number of amides is 5. The summed E-state index contributed by atoms with van der Waals surface area (Å²) in [5.41, 5.74) is 3.86. The lowest BCUT2D eigenvalue weighted by Gasteiger charge is -2.54. The van der Waals surface area contributed by atoms with Gasteiger partial charge < -0.3 is 30.9 Å². The highest BCUT2D eigenvalue weighted by Crippen LogP contribution is 2.50. The molecule has 1 aliphatic carbocycles. The standard InChI is InChI=1S/C35H55N7O6/c1-24(2)18-27(31(45)37-23-30(44)41-16-12-35(13-17-41)20-26(21-35)42-15-9-14-38-42)39-29(43)22-36-32(46)28(19-25-10-7-6-8-11-25)40-33(47)48-34(3,4)5/h6-8,10-11,24,26-28,38H,9,12-23H2,1-5H3,(H,36,46)(H,37,45)(H,39,43)(H,40,47). The summed E-state index contributed by atoms with van der Waals surface area (Å²) in [7, 11) is 0. The first kappa shape index (κ1) is 37.1. The molecule has 2 saturated heterocycles. The van der Waals surface area contributed by atoms with Crippen LogP contribution >= 0.6 is 0 Å². The van der Waals surface area contributed by atoms with Gasteiger partial charge in [0.2, 0.25) is 23.6 Å². The monoisotopic (exact) mass is 669 g/mol. The van der Waals surface area contributed by atoms with Gasteiger partial charge in [-0.1, -0.05) is 44.2 Å². The van der Waals surface area contributed by atoms with Crippen molar-refractivity contribution in [1.29, 1.82) is 0 Å². The maximum Gasteiger partial charge on any atom is 0.408 e. The molecule has 5 amide bonds. The molecule has 1 spiro atoms. The highest BCUT2D eigenvalue weighted by atomic mass is 16.6. The van der Waals surface area contributed by atoms with E-state index in [9.17, 15) is 24.0 Å². The number of nitrogens with one attached hydrogen (secondary N) is 5. The van der Waals surface area contributed by atoms with E-state index in [1.165, 1.54) is 19.3 Å². The fourth-order valence-electron chi connectivity index (χ4n) is 6.81. The zero-order chi connectivity index (χ0) is 34.9. The number of carbonyl (C=O) groups is 5. The normalized spacial score (nSPS) is 19.2. The molecular weight excluding hydrogens is 614 g/mol. The number of carbonyl (C=O) groups excluding carboxylic acids is 5. The Bertz CT molecular complexity index is 1260. The van der Waals surface area contributed by atoms with E-state index >= 15 is 0 Å². The average molecular weight is 670 g/mol. The van der Waals surface area contributed by atoms with Crippen LogP contribution in [0.15, 0.2) is 30.3 Å². The van der Waals surface area contributed by atoms with Crippen LogP contribution in [0.3, 0.4) is 0 Å². The molecule has 2 atom stereocenters. The molecule has 0 aromatic heterocycles. The van der Waals surface area contributed by atoms with Crippen LogP contribution in [-0.2, 0) is 30.3 Å². The molecule has 3 aliphatic rings. The third-order valence-electron chi connectivity index (χ3n) is 9.33. The van der Waals surface area contributed by atoms with Crippen molar-refractivity contribution in [3.05, 3.63) is 35.9 Å². The van der Waals surface area contributed by atoms with E-state index < -0.39 is 48.0 Å². The lowest BCUT2D eigenvalue weighted by molar-refractivity contribution is -0.137. The van der Waals surface area contributed by atoms with Crippen molar-refractivity contribution in [3.8, 4) is 0 Å². The number of benzene rings is 1. The third-order valence-corrected chi connectivity index (χ3v) is 9.33. The molecule has 48 heavy (non-hydrogen) atoms. The van der Waals surface area contributed by atoms with E-state index in [2.05, 4.69) is 31.7 Å². The Balaban J connectivity index is 1.23. The summed E-state index contributed by atoms with van der Waals surface area (Å²) < 4.78 is 5.33. The van der Waals surface area contributed by atoms with Gasteiger partial charge in [0.05, 0.1) is 13.1 Å². The fraction of sp³-hybridized carbons (Fsp3) is 0.686. The number of ether oxygens (including phenoxy) is 1. The van der Waals surface area contributed by atoms with Crippen LogP contribution in [-0.4, -0.2) is 103 Å². The van der Waals surface area contributed by atoms with E-state index in [0.29, 0.717) is 31.0 Å². The van der Waals surface area contributed by atoms with Crippen LogP contribution in [0.2, 0.25) is 0 Å². The Morgan fingerprint density at radius 1 is 0.917 bits per heavy atom. The van der Waals surface area contributed by atoms with Crippen molar-refractivity contribution in [2.24, 2.45) is 11.3 Å². The zero-order valence-corrected chi connectivity index (χ0v) is 29.2. The predicted molar refractivity (Wildman–Crippen MR) is 181 cm³/mol. The Morgan fingerprint density at radius 2 is 1.56 bits per heavy atom. The zero-order valence-electron chi connectivity index (χ0n) is 29.2. The van der Waals surface area contributed by atoms with Gasteiger partial charge in [-0.2, -0.15) is 0 Å². The number of nitrogens with zero attached hydrogens (tertiary/aromatic N) is 2. The number of hydrazine groups is 1. The Morgan fingerprint density at radius 3 is 2.17 bits per heavy atom. The van der Waals surface area contributed by atoms with Crippen molar-refractivity contribution < 1.29 is 28.7 Å². The van der Waals surface area contributed by atoms with Crippen molar-refractivity contribution in [1.82, 2.24) is 36.6 Å². The van der Waals surface area contributed by atoms with E-state index in [1.807, 2.05) is 49.1 Å². The molecule has 5 N–H and O–H groups in total. The maximum atomic E-state index is 13.2. The van der Waals surface area contributed by atoms with Crippen molar-refractivity contribution in [3.63, 3.8) is 0 Å². The lowest BCUT2D eigenvalue weighted by atomic mass is 9.60. The molecule has 2 aliphatic heterocycles. The van der Waals surface area contributed by atoms with Crippen molar-refractivity contribution in [2.75, 3.05) is 39.3 Å². The average Bonchev–Trinajstić information content (AvgIpc) is 3.55. The minimum absolute atomic E-state index is 0.0833. The SMILES string of the molecule is CC(C)CC(NC(=O)CNC(=O)C(Cc1ccccc1)NC(=O)OC(C)(C)C)C(=O)NCC(=O)N1CCC2(CC1)CC(N1CCCN1)C2. The molecule has 1 saturated carbocycles. The summed E-state index contributed by atoms with van der Waals surface area (Å²) in [6.07, 6.45) is 5.29. The molecule has 3 fully saturated rings. The largest absolute Gasteiger partial charge is 0.444 e. The molecule has 266 valence electrons. The molecule has 0 bridgehead atoms. The maximum absolute atomic E-state index is 13.2. The second kappa shape index (κ2) is 16.6. The molecular formula is C35H55N7O6. The lowest BCUT2D eigenvalue weighted by Crippen LogP contribution is -2.58. The number of hydrogen-bond acceptors (Lipinski definition) is 8. The molecule has 1 aromatic carbocycles. The highest BCUT2D eigenvalue weighted by molar-refractivity contribution is 5.93. The summed E-state index contributed by atoms with van der Waals surface area (Å²) >= 11 is 0. The quantitative estimate of drug-likeness (QED) is 0.213. The van der Waals surface area contributed by atoms with Crippen LogP contribution < -0.4 is 26.7 Å². The topological polar surface area (TPSA) is 161 Å². The molecule has 2 heterocycles. The number of alkyl carbamates (subject to hydrolysis) is 1. The highest BCUT2D eigenvalue weighted by Gasteiger charge is 2.48. The van der Waals surface area contributed by atoms with Gasteiger partial charge in [0.1, 0.15) is 17.7 Å². The van der Waals surface area contributed by atoms with Gasteiger partial charge >= 0.3 is 6.09 Å². The number of likely N-dealkylation sites (tertiary alicyclic amines) is 1. The fourth-order valence-corrected chi connectivity index (χ4v) is 6.81. The Hall–Kier alpha value is -3.71. The summed E-state index contributed by atoms with van der Waals surface area (Å²) in [5, 5.41) is 13.0. The molecule has 0 radical (unpaired) electrons. The summed E-state index contributed by atoms with van der Waals surface area (Å²) in [5.74, 6) is -1.61. The van der Waals surface area contributed by atoms with Gasteiger partial charge in [0.25, 0.3) is 0 Å². The van der Waals surface area contributed by atoms with Gasteiger partial charge in [0, 0.05) is 38.6 Å². The first-order valence-electron chi connectivity index (χ1n) is 17.4. The van der Waals surface area contributed by atoms with Gasteiger partial charge in [-0.3, -0.25) is 24.6 Å². The summed E-state index contributed by atoms with van der Waals surface area (Å²) in [4.78, 5) is 66.5. The van der Waals surface area contributed by atoms with Crippen LogP contribution in [0.25, 0.3) is 0 Å².